The van der Waals surface area contributed by atoms with Crippen molar-refractivity contribution in [1.82, 2.24) is 0 Å². The molecule has 0 amide bonds. The average molecular weight is 384 g/mol. The molecule has 1 aliphatic carbocycles. The summed E-state index contributed by atoms with van der Waals surface area (Å²) in [6, 6.07) is 0. The summed E-state index contributed by atoms with van der Waals surface area (Å²) in [5, 5.41) is 0. The van der Waals surface area contributed by atoms with Gasteiger partial charge in [0, 0.05) is 0 Å². The first-order valence-corrected chi connectivity index (χ1v) is 6.03. The Labute approximate surface area is 116 Å². The first kappa shape index (κ1) is 21.0. The van der Waals surface area contributed by atoms with Gasteiger partial charge < -0.3 is 34.5 Å². The third-order valence-corrected chi connectivity index (χ3v) is 2.18. The van der Waals surface area contributed by atoms with Gasteiger partial charge in [-0.05, 0) is 0 Å². The Morgan fingerprint density at radius 2 is 1.26 bits per heavy atom. The van der Waals surface area contributed by atoms with E-state index in [9.17, 15) is 34.5 Å². The molecule has 0 aromatic rings. The normalized spacial score (nSPS) is 22.7. The molecule has 0 spiro atoms. The van der Waals surface area contributed by atoms with Crippen molar-refractivity contribution in [3.05, 3.63) is 24.3 Å². The molecule has 0 nitrogen and oxygen atoms in total. The molecular weight excluding hydrogens is 373 g/mol. The zero-order chi connectivity index (χ0) is 15.5. The van der Waals surface area contributed by atoms with Gasteiger partial charge in [0.05, 0.1) is 0 Å². The molecule has 1 unspecified atom stereocenters. The van der Waals surface area contributed by atoms with Crippen LogP contribution in [0.5, 0.6) is 0 Å². The van der Waals surface area contributed by atoms with Gasteiger partial charge in [0.1, 0.15) is 0 Å². The van der Waals surface area contributed by atoms with E-state index in [1.807, 2.05) is 0 Å². The molecule has 0 aliphatic heterocycles. The van der Waals surface area contributed by atoms with Gasteiger partial charge in [0.25, 0.3) is 0 Å². The zero-order valence-electron chi connectivity index (χ0n) is 9.52. The standard InChI is InChI=1S/C8H11.2BF4.Rh/c1-2-4-6-8-7-5-3-1;2*2-1(3,4)5;/h1-5H,6-8H2;;;/q;2*-1;+2/b2-1-,5-3-;;;. The molecule has 0 saturated heterocycles. The van der Waals surface area contributed by atoms with E-state index < -0.39 is 14.5 Å². The number of halogens is 8. The van der Waals surface area contributed by atoms with Gasteiger partial charge in [-0.1, -0.05) is 0 Å². The second kappa shape index (κ2) is 10.5. The third-order valence-electron chi connectivity index (χ3n) is 1.40. The molecule has 0 heterocycles. The Morgan fingerprint density at radius 1 is 0.842 bits per heavy atom. The fourth-order valence-electron chi connectivity index (χ4n) is 0.872. The number of rotatable bonds is 0. The van der Waals surface area contributed by atoms with E-state index in [0.29, 0.717) is 4.51 Å². The molecule has 0 N–H and O–H groups in total. The summed E-state index contributed by atoms with van der Waals surface area (Å²) in [5.74, 6) is 0. The van der Waals surface area contributed by atoms with Crippen LogP contribution in [0.15, 0.2) is 24.3 Å². The Balaban J connectivity index is 0. The third kappa shape index (κ3) is 46.4. The average Bonchev–Trinajstić information content (AvgIpc) is 2.05. The van der Waals surface area contributed by atoms with E-state index in [4.69, 9.17) is 0 Å². The second-order valence-electron chi connectivity index (χ2n) is 3.22. The molecule has 0 saturated carbocycles. The van der Waals surface area contributed by atoms with Crippen molar-refractivity contribution < 1.29 is 52.8 Å². The maximum atomic E-state index is 9.75. The molecular formula is C8H11B2F8Rh. The van der Waals surface area contributed by atoms with E-state index in [2.05, 4.69) is 42.6 Å². The molecule has 0 aromatic heterocycles. The summed E-state index contributed by atoms with van der Waals surface area (Å²) in [7, 11) is -12.0. The van der Waals surface area contributed by atoms with Crippen molar-refractivity contribution in [1.29, 1.82) is 0 Å². The summed E-state index contributed by atoms with van der Waals surface area (Å²) in [4.78, 5) is 0. The minimum atomic E-state index is -6.00. The van der Waals surface area contributed by atoms with Gasteiger partial charge >= 0.3 is 80.9 Å². The molecule has 1 atom stereocenters. The Morgan fingerprint density at radius 3 is 1.68 bits per heavy atom. The number of hydrogen-bond donors (Lipinski definition) is 0. The molecule has 0 bridgehead atoms. The number of hydrogen-bond acceptors (Lipinski definition) is 0. The Hall–Kier alpha value is -0.327. The number of allylic oxidation sites excluding steroid dienone is 4. The molecule has 11 heteroatoms. The molecule has 0 radical (unpaired) electrons. The van der Waals surface area contributed by atoms with Gasteiger partial charge in [-0.25, -0.2) is 0 Å². The topological polar surface area (TPSA) is 0 Å². The quantitative estimate of drug-likeness (QED) is 0.397. The van der Waals surface area contributed by atoms with Crippen molar-refractivity contribution in [2.75, 3.05) is 0 Å². The van der Waals surface area contributed by atoms with Crippen LogP contribution in [-0.2, 0) is 18.3 Å². The van der Waals surface area contributed by atoms with Gasteiger partial charge in [-0.2, -0.15) is 0 Å². The summed E-state index contributed by atoms with van der Waals surface area (Å²) in [6.07, 6.45) is 12.6. The van der Waals surface area contributed by atoms with E-state index in [1.165, 1.54) is 19.3 Å². The maximum absolute atomic E-state index is 9.75. The molecule has 0 fully saturated rings. The summed E-state index contributed by atoms with van der Waals surface area (Å²) in [5.41, 5.74) is 0. The van der Waals surface area contributed by atoms with Crippen LogP contribution in [0.2, 0.25) is 4.51 Å². The van der Waals surface area contributed by atoms with Gasteiger partial charge in [-0.15, -0.1) is 0 Å². The van der Waals surface area contributed by atoms with Crippen LogP contribution in [0.1, 0.15) is 19.3 Å². The zero-order valence-corrected chi connectivity index (χ0v) is 11.2. The summed E-state index contributed by atoms with van der Waals surface area (Å²) < 4.78 is 78.7. The minimum absolute atomic E-state index is 0.677. The molecule has 0 aromatic carbocycles. The van der Waals surface area contributed by atoms with Gasteiger partial charge in [0.15, 0.2) is 0 Å². The van der Waals surface area contributed by atoms with Crippen molar-refractivity contribution >= 4 is 14.5 Å². The molecule has 114 valence electrons. The Bertz CT molecular complexity index is 249. The van der Waals surface area contributed by atoms with Crippen LogP contribution in [0, 0.1) is 0 Å². The van der Waals surface area contributed by atoms with Gasteiger partial charge in [0.2, 0.25) is 0 Å². The Kier molecular flexibility index (Phi) is 11.5. The molecule has 19 heavy (non-hydrogen) atoms. The SMILES string of the molecule is F[B-](F)(F)F.F[B-](F)(F)F.[Rh+2][CH]1/C=C\C=C/CCC1. The van der Waals surface area contributed by atoms with Crippen LogP contribution >= 0.6 is 0 Å². The van der Waals surface area contributed by atoms with Crippen LogP contribution < -0.4 is 0 Å². The van der Waals surface area contributed by atoms with E-state index in [1.54, 1.807) is 0 Å². The second-order valence-corrected chi connectivity index (χ2v) is 4.43. The molecule has 1 rings (SSSR count). The monoisotopic (exact) mass is 384 g/mol. The fourth-order valence-corrected chi connectivity index (χ4v) is 1.39. The van der Waals surface area contributed by atoms with Crippen LogP contribution in [0.4, 0.5) is 34.5 Å². The predicted molar refractivity (Wildman–Crippen MR) is 56.3 cm³/mol. The molecule has 1 aliphatic rings. The van der Waals surface area contributed by atoms with Crippen LogP contribution in [0.25, 0.3) is 0 Å². The fraction of sp³-hybridized carbons (Fsp3) is 0.500. The van der Waals surface area contributed by atoms with Crippen LogP contribution in [-0.4, -0.2) is 14.5 Å². The van der Waals surface area contributed by atoms with E-state index >= 15 is 0 Å². The van der Waals surface area contributed by atoms with Crippen LogP contribution in [0.3, 0.4) is 0 Å². The summed E-state index contributed by atoms with van der Waals surface area (Å²) >= 11 is 3.02. The first-order valence-electron chi connectivity index (χ1n) is 5.09. The van der Waals surface area contributed by atoms with Crippen molar-refractivity contribution in [2.45, 2.75) is 23.8 Å². The van der Waals surface area contributed by atoms with Gasteiger partial charge in [-0.3, -0.25) is 0 Å². The van der Waals surface area contributed by atoms with Crippen molar-refractivity contribution in [3.8, 4) is 0 Å². The van der Waals surface area contributed by atoms with E-state index in [0.717, 1.165) is 0 Å². The van der Waals surface area contributed by atoms with Crippen molar-refractivity contribution in [2.24, 2.45) is 0 Å². The van der Waals surface area contributed by atoms with Crippen molar-refractivity contribution in [3.63, 3.8) is 0 Å². The van der Waals surface area contributed by atoms with E-state index in [-0.39, 0.29) is 0 Å². The summed E-state index contributed by atoms with van der Waals surface area (Å²) in [6.45, 7) is 0. The first-order chi connectivity index (χ1) is 8.39. The predicted octanol–water partition coefficient (Wildman–Crippen LogP) is 5.22.